The summed E-state index contributed by atoms with van der Waals surface area (Å²) < 4.78 is 0. The molecule has 1 unspecified atom stereocenters. The largest absolute Gasteiger partial charge is 0.349 e. The van der Waals surface area contributed by atoms with Gasteiger partial charge in [0.1, 0.15) is 0 Å². The fourth-order valence-corrected chi connectivity index (χ4v) is 1.73. The Bertz CT molecular complexity index is 195. The molecule has 2 aliphatic rings. The zero-order valence-corrected chi connectivity index (χ0v) is 5.89. The quantitative estimate of drug-likeness (QED) is 0.495. The number of hydrogen-bond donors (Lipinski definition) is 1. The van der Waals surface area contributed by atoms with Crippen molar-refractivity contribution in [2.24, 2.45) is 0 Å². The number of allylic oxidation sites excluding steroid dienone is 1. The highest BCUT2D eigenvalue weighted by Crippen LogP contribution is 2.25. The molecule has 1 aliphatic heterocycles. The van der Waals surface area contributed by atoms with E-state index in [1.807, 2.05) is 0 Å². The van der Waals surface area contributed by atoms with Crippen molar-refractivity contribution in [3.8, 4) is 0 Å². The Morgan fingerprint density at radius 2 is 2.50 bits per heavy atom. The minimum absolute atomic E-state index is 0.207. The normalized spacial score (nSPS) is 31.0. The summed E-state index contributed by atoms with van der Waals surface area (Å²) in [5.74, 6) is 0.207. The third kappa shape index (κ3) is 0.838. The number of fused-ring (bicyclic) bond motifs is 1. The van der Waals surface area contributed by atoms with E-state index in [1.165, 1.54) is 18.4 Å². The first kappa shape index (κ1) is 5.96. The Labute approximate surface area is 60.3 Å². The van der Waals surface area contributed by atoms with Crippen molar-refractivity contribution in [3.63, 3.8) is 0 Å². The van der Waals surface area contributed by atoms with E-state index in [0.29, 0.717) is 12.5 Å². The third-order valence-electron chi connectivity index (χ3n) is 2.25. The van der Waals surface area contributed by atoms with E-state index in [2.05, 4.69) is 11.4 Å². The lowest BCUT2D eigenvalue weighted by molar-refractivity contribution is -0.119. The van der Waals surface area contributed by atoms with E-state index in [1.54, 1.807) is 0 Å². The molecule has 1 amide bonds. The zero-order valence-electron chi connectivity index (χ0n) is 5.89. The van der Waals surface area contributed by atoms with Crippen LogP contribution in [0, 0.1) is 0 Å². The Morgan fingerprint density at radius 3 is 3.30 bits per heavy atom. The van der Waals surface area contributed by atoms with Crippen LogP contribution in [0.15, 0.2) is 11.6 Å². The van der Waals surface area contributed by atoms with Gasteiger partial charge >= 0.3 is 0 Å². The maximum absolute atomic E-state index is 10.9. The molecule has 1 aliphatic carbocycles. The van der Waals surface area contributed by atoms with E-state index in [-0.39, 0.29) is 5.91 Å². The minimum Gasteiger partial charge on any atom is -0.349 e. The predicted molar refractivity (Wildman–Crippen MR) is 38.5 cm³/mol. The van der Waals surface area contributed by atoms with Crippen LogP contribution < -0.4 is 5.32 Å². The fraction of sp³-hybridized carbons (Fsp3) is 0.625. The van der Waals surface area contributed by atoms with Crippen molar-refractivity contribution in [3.05, 3.63) is 11.6 Å². The van der Waals surface area contributed by atoms with Crippen molar-refractivity contribution in [1.82, 2.24) is 5.32 Å². The number of nitrogens with one attached hydrogen (secondary N) is 1. The lowest BCUT2D eigenvalue weighted by Gasteiger charge is -2.15. The first-order chi connectivity index (χ1) is 4.86. The topological polar surface area (TPSA) is 29.1 Å². The summed E-state index contributed by atoms with van der Waals surface area (Å²) in [7, 11) is 0. The highest BCUT2D eigenvalue weighted by atomic mass is 16.1. The van der Waals surface area contributed by atoms with Crippen LogP contribution in [0.2, 0.25) is 0 Å². The van der Waals surface area contributed by atoms with Gasteiger partial charge in [0.05, 0.1) is 6.04 Å². The highest BCUT2D eigenvalue weighted by molar-refractivity contribution is 5.83. The van der Waals surface area contributed by atoms with E-state index in [4.69, 9.17) is 0 Å². The Hall–Kier alpha value is -0.790. The number of rotatable bonds is 0. The lowest BCUT2D eigenvalue weighted by Crippen LogP contribution is -2.26. The molecule has 0 radical (unpaired) electrons. The van der Waals surface area contributed by atoms with Gasteiger partial charge in [-0.15, -0.1) is 0 Å². The molecule has 2 nitrogen and oxygen atoms in total. The number of carbonyl (C=O) groups excluding carboxylic acids is 1. The van der Waals surface area contributed by atoms with Gasteiger partial charge in [-0.3, -0.25) is 4.79 Å². The van der Waals surface area contributed by atoms with Gasteiger partial charge in [-0.25, -0.2) is 0 Å². The fourth-order valence-electron chi connectivity index (χ4n) is 1.73. The van der Waals surface area contributed by atoms with Crippen molar-refractivity contribution < 1.29 is 4.79 Å². The second-order valence-corrected chi connectivity index (χ2v) is 3.01. The molecule has 1 fully saturated rings. The minimum atomic E-state index is 0.207. The molecule has 0 saturated carbocycles. The Morgan fingerprint density at radius 1 is 1.60 bits per heavy atom. The molecule has 1 N–H and O–H groups in total. The van der Waals surface area contributed by atoms with E-state index in [9.17, 15) is 4.79 Å². The number of carbonyl (C=O) groups is 1. The molecule has 2 heteroatoms. The molecule has 2 rings (SSSR count). The molecule has 10 heavy (non-hydrogen) atoms. The first-order valence-corrected chi connectivity index (χ1v) is 3.84. The van der Waals surface area contributed by atoms with Gasteiger partial charge in [0, 0.05) is 6.42 Å². The van der Waals surface area contributed by atoms with E-state index >= 15 is 0 Å². The van der Waals surface area contributed by atoms with Crippen LogP contribution in [-0.2, 0) is 4.79 Å². The molecule has 0 aromatic carbocycles. The highest BCUT2D eigenvalue weighted by Gasteiger charge is 2.27. The first-order valence-electron chi connectivity index (χ1n) is 3.84. The second-order valence-electron chi connectivity index (χ2n) is 3.01. The predicted octanol–water partition coefficient (Wildman–Crippen LogP) is 0.985. The lowest BCUT2D eigenvalue weighted by atomic mass is 9.95. The van der Waals surface area contributed by atoms with Crippen molar-refractivity contribution in [2.75, 3.05) is 0 Å². The number of hydrogen-bond acceptors (Lipinski definition) is 1. The Kier molecular flexibility index (Phi) is 1.26. The van der Waals surface area contributed by atoms with E-state index < -0.39 is 0 Å². The van der Waals surface area contributed by atoms with Crippen molar-refractivity contribution >= 4 is 5.91 Å². The van der Waals surface area contributed by atoms with Gasteiger partial charge in [-0.2, -0.15) is 0 Å². The van der Waals surface area contributed by atoms with Crippen LogP contribution in [0.5, 0.6) is 0 Å². The smallest absolute Gasteiger partial charge is 0.224 e. The van der Waals surface area contributed by atoms with Crippen LogP contribution in [0.3, 0.4) is 0 Å². The van der Waals surface area contributed by atoms with Gasteiger partial charge in [0.15, 0.2) is 0 Å². The van der Waals surface area contributed by atoms with Gasteiger partial charge in [0.25, 0.3) is 0 Å². The summed E-state index contributed by atoms with van der Waals surface area (Å²) in [6.07, 6.45) is 6.42. The Balaban J connectivity index is 2.20. The molecule has 1 atom stereocenters. The molecule has 0 aromatic heterocycles. The van der Waals surface area contributed by atoms with Crippen molar-refractivity contribution in [2.45, 2.75) is 31.7 Å². The van der Waals surface area contributed by atoms with E-state index in [0.717, 1.165) is 6.42 Å². The van der Waals surface area contributed by atoms with Gasteiger partial charge < -0.3 is 5.32 Å². The molecule has 0 aromatic rings. The van der Waals surface area contributed by atoms with Crippen LogP contribution in [0.4, 0.5) is 0 Å². The molecular formula is C8H11NO. The van der Waals surface area contributed by atoms with Crippen LogP contribution in [0.25, 0.3) is 0 Å². The van der Waals surface area contributed by atoms with Crippen molar-refractivity contribution in [1.29, 1.82) is 0 Å². The summed E-state index contributed by atoms with van der Waals surface area (Å²) in [4.78, 5) is 10.9. The molecule has 0 spiro atoms. The van der Waals surface area contributed by atoms with Gasteiger partial charge in [-0.1, -0.05) is 6.08 Å². The van der Waals surface area contributed by atoms with Crippen LogP contribution in [0.1, 0.15) is 25.7 Å². The third-order valence-corrected chi connectivity index (χ3v) is 2.25. The maximum atomic E-state index is 10.9. The van der Waals surface area contributed by atoms with Gasteiger partial charge in [0.2, 0.25) is 5.91 Å². The summed E-state index contributed by atoms with van der Waals surface area (Å²) in [5.41, 5.74) is 1.33. The summed E-state index contributed by atoms with van der Waals surface area (Å²) in [5, 5.41) is 2.95. The monoisotopic (exact) mass is 137 g/mol. The standard InChI is InChI=1S/C8H11NO/c10-8-5-6-3-1-2-4-7(6)9-8/h3,7H,1-2,4-5H2,(H,9,10). The molecular weight excluding hydrogens is 126 g/mol. The number of amides is 1. The molecule has 1 heterocycles. The average molecular weight is 137 g/mol. The summed E-state index contributed by atoms with van der Waals surface area (Å²) in [6.45, 7) is 0. The second kappa shape index (κ2) is 2.11. The van der Waals surface area contributed by atoms with Crippen LogP contribution >= 0.6 is 0 Å². The maximum Gasteiger partial charge on any atom is 0.224 e. The SMILES string of the molecule is O=C1CC2=CCCCC2N1. The molecule has 54 valence electrons. The summed E-state index contributed by atoms with van der Waals surface area (Å²) >= 11 is 0. The molecule has 1 saturated heterocycles. The molecule has 0 bridgehead atoms. The zero-order chi connectivity index (χ0) is 6.97. The summed E-state index contributed by atoms with van der Waals surface area (Å²) in [6, 6.07) is 0.404. The van der Waals surface area contributed by atoms with Gasteiger partial charge in [-0.05, 0) is 24.8 Å². The average Bonchev–Trinajstić information content (AvgIpc) is 2.27. The van der Waals surface area contributed by atoms with Crippen LogP contribution in [-0.4, -0.2) is 11.9 Å².